The van der Waals surface area contributed by atoms with Crippen molar-refractivity contribution >= 4 is 65.0 Å². The highest BCUT2D eigenvalue weighted by atomic mass is 79.9. The average Bonchev–Trinajstić information content (AvgIpc) is 2.29. The molecule has 0 saturated carbocycles. The van der Waals surface area contributed by atoms with Crippen molar-refractivity contribution in [3.63, 3.8) is 0 Å². The highest BCUT2D eigenvalue weighted by Gasteiger charge is 2.10. The standard InChI is InChI=1S/C12H6Br3NO2/c13-8-5-7(17)1-2-11(8)16-6-3-9(14)12(18)10(15)4-6/h1-5,18H. The molecule has 0 spiro atoms. The molecule has 0 fully saturated rings. The Kier molecular flexibility index (Phi) is 4.19. The molecule has 0 heterocycles. The first-order chi connectivity index (χ1) is 8.47. The van der Waals surface area contributed by atoms with Crippen LogP contribution in [0.4, 0.5) is 5.69 Å². The van der Waals surface area contributed by atoms with Gasteiger partial charge in [-0.15, -0.1) is 0 Å². The van der Waals surface area contributed by atoms with Gasteiger partial charge in [0.15, 0.2) is 5.78 Å². The smallest absolute Gasteiger partial charge is 0.179 e. The van der Waals surface area contributed by atoms with E-state index < -0.39 is 0 Å². The minimum absolute atomic E-state index is 0.0751. The number of carbonyl (C=O) groups is 1. The Morgan fingerprint density at radius 1 is 1.06 bits per heavy atom. The molecular formula is C12H6Br3NO2. The number of hydrogen-bond donors (Lipinski definition) is 1. The Labute approximate surface area is 129 Å². The van der Waals surface area contributed by atoms with Crippen LogP contribution in [0.15, 0.2) is 48.8 Å². The van der Waals surface area contributed by atoms with Gasteiger partial charge in [-0.05, 0) is 72.1 Å². The zero-order valence-electron chi connectivity index (χ0n) is 8.82. The number of halogens is 3. The molecule has 0 amide bonds. The summed E-state index contributed by atoms with van der Waals surface area (Å²) in [6.07, 6.45) is 4.55. The first kappa shape index (κ1) is 13.7. The molecule has 1 aliphatic carbocycles. The Hall–Kier alpha value is -0.720. The SMILES string of the molecule is O=C1C=CC(=Nc2cc(Br)c(O)c(Br)c2)C(Br)=C1. The van der Waals surface area contributed by atoms with Gasteiger partial charge >= 0.3 is 0 Å². The van der Waals surface area contributed by atoms with Gasteiger partial charge in [0.05, 0.1) is 20.3 Å². The molecule has 0 radical (unpaired) electrons. The lowest BCUT2D eigenvalue weighted by Crippen LogP contribution is -2.03. The fourth-order valence-electron chi connectivity index (χ4n) is 1.33. The van der Waals surface area contributed by atoms with Crippen LogP contribution in [0.1, 0.15) is 0 Å². The van der Waals surface area contributed by atoms with Crippen molar-refractivity contribution in [2.45, 2.75) is 0 Å². The maximum absolute atomic E-state index is 11.1. The Balaban J connectivity index is 2.43. The lowest BCUT2D eigenvalue weighted by molar-refractivity contribution is -0.110. The largest absolute Gasteiger partial charge is 0.506 e. The average molecular weight is 436 g/mol. The van der Waals surface area contributed by atoms with Crippen molar-refractivity contribution < 1.29 is 9.90 Å². The van der Waals surface area contributed by atoms with Gasteiger partial charge in [-0.3, -0.25) is 4.79 Å². The second-order valence-electron chi connectivity index (χ2n) is 3.48. The molecule has 92 valence electrons. The Morgan fingerprint density at radius 3 is 2.22 bits per heavy atom. The van der Waals surface area contributed by atoms with Crippen LogP contribution >= 0.6 is 47.8 Å². The summed E-state index contributed by atoms with van der Waals surface area (Å²) in [5, 5.41) is 9.60. The second kappa shape index (κ2) is 5.50. The van der Waals surface area contributed by atoms with Crippen LogP contribution < -0.4 is 0 Å². The van der Waals surface area contributed by atoms with Crippen LogP contribution in [-0.2, 0) is 4.79 Å². The number of nitrogens with zero attached hydrogens (tertiary/aromatic N) is 1. The summed E-state index contributed by atoms with van der Waals surface area (Å²) in [4.78, 5) is 15.5. The van der Waals surface area contributed by atoms with E-state index in [1.165, 1.54) is 12.2 Å². The summed E-state index contributed by atoms with van der Waals surface area (Å²) < 4.78 is 1.73. The molecule has 1 N–H and O–H groups in total. The molecule has 1 aliphatic rings. The van der Waals surface area contributed by atoms with Crippen molar-refractivity contribution in [2.75, 3.05) is 0 Å². The van der Waals surface area contributed by atoms with Gasteiger partial charge in [0.25, 0.3) is 0 Å². The molecule has 0 unspecified atom stereocenters. The number of aromatic hydroxyl groups is 1. The van der Waals surface area contributed by atoms with E-state index in [1.54, 1.807) is 18.2 Å². The third kappa shape index (κ3) is 2.99. The Morgan fingerprint density at radius 2 is 1.67 bits per heavy atom. The van der Waals surface area contributed by atoms with Crippen LogP contribution in [0.5, 0.6) is 5.75 Å². The maximum atomic E-state index is 11.1. The van der Waals surface area contributed by atoms with Crippen molar-refractivity contribution in [2.24, 2.45) is 4.99 Å². The minimum atomic E-state index is -0.0751. The summed E-state index contributed by atoms with van der Waals surface area (Å²) in [6, 6.07) is 3.38. The van der Waals surface area contributed by atoms with Gasteiger partial charge in [-0.25, -0.2) is 4.99 Å². The summed E-state index contributed by atoms with van der Waals surface area (Å²) in [7, 11) is 0. The summed E-state index contributed by atoms with van der Waals surface area (Å²) in [6.45, 7) is 0. The van der Waals surface area contributed by atoms with Crippen molar-refractivity contribution in [3.05, 3.63) is 43.8 Å². The van der Waals surface area contributed by atoms with Crippen LogP contribution in [0.25, 0.3) is 0 Å². The van der Waals surface area contributed by atoms with E-state index >= 15 is 0 Å². The molecule has 2 rings (SSSR count). The number of allylic oxidation sites excluding steroid dienone is 4. The topological polar surface area (TPSA) is 49.7 Å². The zero-order chi connectivity index (χ0) is 13.3. The van der Waals surface area contributed by atoms with Crippen LogP contribution in [-0.4, -0.2) is 16.6 Å². The molecule has 0 bridgehead atoms. The predicted molar refractivity (Wildman–Crippen MR) is 81.8 cm³/mol. The van der Waals surface area contributed by atoms with Gasteiger partial charge < -0.3 is 5.11 Å². The highest BCUT2D eigenvalue weighted by Crippen LogP contribution is 2.36. The van der Waals surface area contributed by atoms with E-state index in [0.29, 0.717) is 24.8 Å². The van der Waals surface area contributed by atoms with E-state index in [1.807, 2.05) is 0 Å². The second-order valence-corrected chi connectivity index (χ2v) is 6.05. The molecule has 0 atom stereocenters. The molecule has 0 aliphatic heterocycles. The quantitative estimate of drug-likeness (QED) is 0.664. The number of phenols is 1. The highest BCUT2D eigenvalue weighted by molar-refractivity contribution is 9.12. The van der Waals surface area contributed by atoms with E-state index in [4.69, 9.17) is 0 Å². The number of hydrogen-bond acceptors (Lipinski definition) is 3. The first-order valence-electron chi connectivity index (χ1n) is 4.83. The molecule has 6 heteroatoms. The number of benzene rings is 1. The predicted octanol–water partition coefficient (Wildman–Crippen LogP) is 4.41. The lowest BCUT2D eigenvalue weighted by atomic mass is 10.1. The van der Waals surface area contributed by atoms with Crippen LogP contribution in [0.2, 0.25) is 0 Å². The first-order valence-corrected chi connectivity index (χ1v) is 7.21. The van der Waals surface area contributed by atoms with Gasteiger partial charge in [-0.2, -0.15) is 0 Å². The number of aliphatic imine (C=N–C) groups is 1. The summed E-state index contributed by atoms with van der Waals surface area (Å²) >= 11 is 9.77. The molecule has 18 heavy (non-hydrogen) atoms. The third-order valence-corrected chi connectivity index (χ3v) is 4.01. The van der Waals surface area contributed by atoms with Gasteiger partial charge in [0.2, 0.25) is 0 Å². The van der Waals surface area contributed by atoms with Crippen molar-refractivity contribution in [1.29, 1.82) is 0 Å². The molecule has 1 aromatic rings. The normalized spacial score (nSPS) is 17.2. The van der Waals surface area contributed by atoms with Gasteiger partial charge in [-0.1, -0.05) is 0 Å². The van der Waals surface area contributed by atoms with Crippen LogP contribution in [0, 0.1) is 0 Å². The lowest BCUT2D eigenvalue weighted by Gasteiger charge is -2.06. The van der Waals surface area contributed by atoms with E-state index in [-0.39, 0.29) is 11.5 Å². The summed E-state index contributed by atoms with van der Waals surface area (Å²) in [5.74, 6) is 0.0526. The van der Waals surface area contributed by atoms with Gasteiger partial charge in [0.1, 0.15) is 5.75 Å². The number of carbonyl (C=O) groups excluding carboxylic acids is 1. The molecule has 1 aromatic carbocycles. The van der Waals surface area contributed by atoms with Crippen molar-refractivity contribution in [3.8, 4) is 5.75 Å². The van der Waals surface area contributed by atoms with E-state index in [9.17, 15) is 9.90 Å². The zero-order valence-corrected chi connectivity index (χ0v) is 13.6. The van der Waals surface area contributed by atoms with E-state index in [2.05, 4.69) is 52.8 Å². The number of phenolic OH excluding ortho intramolecular Hbond substituents is 1. The molecular weight excluding hydrogens is 430 g/mol. The minimum Gasteiger partial charge on any atom is -0.506 e. The molecule has 3 nitrogen and oxygen atoms in total. The Bertz CT molecular complexity index is 595. The summed E-state index contributed by atoms with van der Waals surface area (Å²) in [5.41, 5.74) is 1.31. The third-order valence-electron chi connectivity index (χ3n) is 2.17. The molecule has 0 aromatic heterocycles. The fourth-order valence-corrected chi connectivity index (χ4v) is 2.94. The fraction of sp³-hybridized carbons (Fsp3) is 0. The number of rotatable bonds is 1. The maximum Gasteiger partial charge on any atom is 0.179 e. The number of ketones is 1. The molecule has 0 saturated heterocycles. The van der Waals surface area contributed by atoms with E-state index in [0.717, 1.165) is 0 Å². The van der Waals surface area contributed by atoms with Crippen LogP contribution in [0.3, 0.4) is 0 Å². The monoisotopic (exact) mass is 433 g/mol. The van der Waals surface area contributed by atoms with Crippen molar-refractivity contribution in [1.82, 2.24) is 0 Å². The van der Waals surface area contributed by atoms with Gasteiger partial charge in [0, 0.05) is 10.6 Å².